The average molecular weight is 205 g/mol. The Morgan fingerprint density at radius 2 is 2.33 bits per heavy atom. The molecular formula is C12H19N3. The van der Waals surface area contributed by atoms with Crippen LogP contribution in [-0.2, 0) is 6.54 Å². The van der Waals surface area contributed by atoms with Gasteiger partial charge in [-0.15, -0.1) is 0 Å². The fourth-order valence-electron chi connectivity index (χ4n) is 1.96. The van der Waals surface area contributed by atoms with Crippen molar-refractivity contribution in [1.82, 2.24) is 10.3 Å². The van der Waals surface area contributed by atoms with Gasteiger partial charge in [0.15, 0.2) is 0 Å². The second-order valence-electron chi connectivity index (χ2n) is 4.05. The molecule has 3 heteroatoms. The Labute approximate surface area is 91.5 Å². The highest BCUT2D eigenvalue weighted by molar-refractivity contribution is 5.48. The molecule has 1 N–H and O–H groups in total. The van der Waals surface area contributed by atoms with Crippen LogP contribution in [0.2, 0.25) is 0 Å². The summed E-state index contributed by atoms with van der Waals surface area (Å²) < 4.78 is 0. The molecule has 0 spiro atoms. The predicted molar refractivity (Wildman–Crippen MR) is 63.0 cm³/mol. The molecular weight excluding hydrogens is 186 g/mol. The molecule has 1 aliphatic carbocycles. The van der Waals surface area contributed by atoms with Gasteiger partial charge in [0, 0.05) is 31.0 Å². The second kappa shape index (κ2) is 4.62. The molecule has 1 heterocycles. The van der Waals surface area contributed by atoms with E-state index in [2.05, 4.69) is 34.3 Å². The van der Waals surface area contributed by atoms with Gasteiger partial charge in [-0.3, -0.25) is 4.98 Å². The number of nitrogens with zero attached hydrogens (tertiary/aromatic N) is 2. The smallest absolute Gasteiger partial charge is 0.0562 e. The van der Waals surface area contributed by atoms with Gasteiger partial charge in [0.05, 0.1) is 5.69 Å². The number of hydrogen-bond donors (Lipinski definition) is 1. The van der Waals surface area contributed by atoms with E-state index in [1.165, 1.54) is 18.5 Å². The summed E-state index contributed by atoms with van der Waals surface area (Å²) >= 11 is 0. The Morgan fingerprint density at radius 3 is 2.93 bits per heavy atom. The quantitative estimate of drug-likeness (QED) is 0.794. The van der Waals surface area contributed by atoms with Crippen LogP contribution < -0.4 is 10.2 Å². The largest absolute Gasteiger partial charge is 0.369 e. The maximum absolute atomic E-state index is 4.34. The highest BCUT2D eigenvalue weighted by Crippen LogP contribution is 2.31. The molecule has 0 atom stereocenters. The highest BCUT2D eigenvalue weighted by Gasteiger charge is 2.28. The Bertz CT molecular complexity index is 320. The van der Waals surface area contributed by atoms with Crippen LogP contribution in [0.1, 0.15) is 25.5 Å². The van der Waals surface area contributed by atoms with E-state index in [0.717, 1.165) is 24.8 Å². The van der Waals surface area contributed by atoms with Gasteiger partial charge in [0.25, 0.3) is 0 Å². The number of nitrogens with one attached hydrogen (secondary N) is 1. The van der Waals surface area contributed by atoms with Crippen molar-refractivity contribution >= 4 is 5.69 Å². The van der Waals surface area contributed by atoms with E-state index in [1.54, 1.807) is 0 Å². The van der Waals surface area contributed by atoms with E-state index in [-0.39, 0.29) is 0 Å². The lowest BCUT2D eigenvalue weighted by Crippen LogP contribution is -2.25. The zero-order valence-corrected chi connectivity index (χ0v) is 9.53. The molecule has 1 fully saturated rings. The number of anilines is 1. The monoisotopic (exact) mass is 205 g/mol. The zero-order valence-electron chi connectivity index (χ0n) is 9.53. The summed E-state index contributed by atoms with van der Waals surface area (Å²) in [7, 11) is 1.95. The van der Waals surface area contributed by atoms with Gasteiger partial charge in [-0.1, -0.05) is 0 Å². The molecule has 1 saturated carbocycles. The highest BCUT2D eigenvalue weighted by atomic mass is 15.2. The Hall–Kier alpha value is -1.09. The van der Waals surface area contributed by atoms with Crippen molar-refractivity contribution in [2.45, 2.75) is 32.4 Å². The van der Waals surface area contributed by atoms with E-state index < -0.39 is 0 Å². The molecule has 0 unspecified atom stereocenters. The summed E-state index contributed by atoms with van der Waals surface area (Å²) in [6.45, 7) is 4.15. The van der Waals surface area contributed by atoms with E-state index in [9.17, 15) is 0 Å². The van der Waals surface area contributed by atoms with Gasteiger partial charge in [0.1, 0.15) is 0 Å². The third-order valence-corrected chi connectivity index (χ3v) is 2.82. The first-order valence-electron chi connectivity index (χ1n) is 5.71. The Morgan fingerprint density at radius 1 is 1.53 bits per heavy atom. The van der Waals surface area contributed by atoms with Crippen molar-refractivity contribution in [3.8, 4) is 0 Å². The van der Waals surface area contributed by atoms with Crippen molar-refractivity contribution in [3.63, 3.8) is 0 Å². The van der Waals surface area contributed by atoms with Crippen LogP contribution in [0.25, 0.3) is 0 Å². The fraction of sp³-hybridized carbons (Fsp3) is 0.583. The average Bonchev–Trinajstić information content (AvgIpc) is 3.04. The van der Waals surface area contributed by atoms with Crippen molar-refractivity contribution in [2.75, 3.05) is 18.5 Å². The number of hydrogen-bond acceptors (Lipinski definition) is 3. The molecule has 0 aliphatic heterocycles. The van der Waals surface area contributed by atoms with Crippen molar-refractivity contribution < 1.29 is 0 Å². The predicted octanol–water partition coefficient (Wildman–Crippen LogP) is 1.79. The summed E-state index contributed by atoms with van der Waals surface area (Å²) in [5.41, 5.74) is 2.44. The van der Waals surface area contributed by atoms with Crippen LogP contribution in [0.15, 0.2) is 18.3 Å². The van der Waals surface area contributed by atoms with Crippen molar-refractivity contribution in [3.05, 3.63) is 24.0 Å². The van der Waals surface area contributed by atoms with E-state index in [0.29, 0.717) is 0 Å². The molecule has 1 aromatic rings. The number of pyridine rings is 1. The molecule has 0 amide bonds. The van der Waals surface area contributed by atoms with Crippen LogP contribution in [0.4, 0.5) is 5.69 Å². The van der Waals surface area contributed by atoms with Gasteiger partial charge in [-0.2, -0.15) is 0 Å². The lowest BCUT2D eigenvalue weighted by Gasteiger charge is -2.23. The number of rotatable bonds is 5. The SMILES string of the molecule is CCN(c1ccnc(CNC)c1)C1CC1. The fourth-order valence-corrected chi connectivity index (χ4v) is 1.96. The molecule has 15 heavy (non-hydrogen) atoms. The molecule has 0 bridgehead atoms. The summed E-state index contributed by atoms with van der Waals surface area (Å²) in [6.07, 6.45) is 4.60. The minimum atomic E-state index is 0.778. The molecule has 82 valence electrons. The maximum atomic E-state index is 4.34. The summed E-state index contributed by atoms with van der Waals surface area (Å²) in [5, 5.41) is 3.13. The lowest BCUT2D eigenvalue weighted by molar-refractivity contribution is 0.782. The molecule has 1 aromatic heterocycles. The lowest BCUT2D eigenvalue weighted by atomic mass is 10.2. The topological polar surface area (TPSA) is 28.2 Å². The van der Waals surface area contributed by atoms with Crippen LogP contribution >= 0.6 is 0 Å². The van der Waals surface area contributed by atoms with Crippen LogP contribution in [0, 0.1) is 0 Å². The van der Waals surface area contributed by atoms with Gasteiger partial charge < -0.3 is 10.2 Å². The first-order chi connectivity index (χ1) is 7.35. The first-order valence-corrected chi connectivity index (χ1v) is 5.71. The summed E-state index contributed by atoms with van der Waals surface area (Å²) in [5.74, 6) is 0. The minimum Gasteiger partial charge on any atom is -0.369 e. The molecule has 0 aromatic carbocycles. The second-order valence-corrected chi connectivity index (χ2v) is 4.05. The zero-order chi connectivity index (χ0) is 10.7. The van der Waals surface area contributed by atoms with Crippen LogP contribution in [-0.4, -0.2) is 24.6 Å². The molecule has 2 rings (SSSR count). The van der Waals surface area contributed by atoms with Crippen molar-refractivity contribution in [2.24, 2.45) is 0 Å². The molecule has 3 nitrogen and oxygen atoms in total. The minimum absolute atomic E-state index is 0.778. The van der Waals surface area contributed by atoms with Crippen LogP contribution in [0.5, 0.6) is 0 Å². The van der Waals surface area contributed by atoms with Gasteiger partial charge in [-0.25, -0.2) is 0 Å². The maximum Gasteiger partial charge on any atom is 0.0562 e. The van der Waals surface area contributed by atoms with E-state index in [4.69, 9.17) is 0 Å². The normalized spacial score (nSPS) is 15.3. The molecule has 0 radical (unpaired) electrons. The third-order valence-electron chi connectivity index (χ3n) is 2.82. The van der Waals surface area contributed by atoms with Gasteiger partial charge >= 0.3 is 0 Å². The summed E-state index contributed by atoms with van der Waals surface area (Å²) in [4.78, 5) is 6.81. The van der Waals surface area contributed by atoms with E-state index in [1.807, 2.05) is 13.2 Å². The molecule has 0 saturated heterocycles. The Balaban J connectivity index is 2.14. The number of aromatic nitrogens is 1. The molecule has 1 aliphatic rings. The van der Waals surface area contributed by atoms with Gasteiger partial charge in [-0.05, 0) is 38.9 Å². The van der Waals surface area contributed by atoms with Gasteiger partial charge in [0.2, 0.25) is 0 Å². The van der Waals surface area contributed by atoms with Crippen LogP contribution in [0.3, 0.4) is 0 Å². The third kappa shape index (κ3) is 2.48. The summed E-state index contributed by atoms with van der Waals surface area (Å²) in [6, 6.07) is 5.08. The van der Waals surface area contributed by atoms with E-state index >= 15 is 0 Å². The van der Waals surface area contributed by atoms with Crippen molar-refractivity contribution in [1.29, 1.82) is 0 Å². The Kier molecular flexibility index (Phi) is 3.21. The standard InChI is InChI=1S/C12H19N3/c1-3-15(11-4-5-11)12-6-7-14-10(8-12)9-13-2/h6-8,11,13H,3-5,9H2,1-2H3. The first kappa shape index (κ1) is 10.4.